The van der Waals surface area contributed by atoms with Crippen molar-refractivity contribution in [2.45, 2.75) is 52.4 Å². The van der Waals surface area contributed by atoms with Crippen LogP contribution in [0.25, 0.3) is 0 Å². The third-order valence-electron chi connectivity index (χ3n) is 1.76. The summed E-state index contributed by atoms with van der Waals surface area (Å²) in [4.78, 5) is 0. The third kappa shape index (κ3) is 6.30. The second-order valence-corrected chi connectivity index (χ2v) is 35.0. The van der Waals surface area contributed by atoms with E-state index in [2.05, 4.69) is 20.8 Å². The molecule has 0 atom stereocenters. The second-order valence-electron chi connectivity index (χ2n) is 3.41. The fourth-order valence-electron chi connectivity index (χ4n) is 1.14. The number of hydrogen-bond donors (Lipinski definition) is 0. The van der Waals surface area contributed by atoms with Gasteiger partial charge in [-0.25, -0.2) is 0 Å². The maximum absolute atomic E-state index is 6.16. The predicted octanol–water partition coefficient (Wildman–Crippen LogP) is 2.74. The molecule has 1 rings (SSSR count). The van der Waals surface area contributed by atoms with Gasteiger partial charge in [-0.3, -0.25) is 0 Å². The zero-order valence-corrected chi connectivity index (χ0v) is 20.2. The summed E-state index contributed by atoms with van der Waals surface area (Å²) in [5, 5.41) is 0. The summed E-state index contributed by atoms with van der Waals surface area (Å²) < 4.78 is 22.3. The Kier molecular flexibility index (Phi) is 9.83. The molecule has 1 aliphatic rings. The number of hydrogen-bond acceptors (Lipinski definition) is 3. The van der Waals surface area contributed by atoms with E-state index in [1.54, 1.807) is 0 Å². The van der Waals surface area contributed by atoms with Gasteiger partial charge in [-0.15, -0.1) is 0 Å². The van der Waals surface area contributed by atoms with Gasteiger partial charge in [0.2, 0.25) is 0 Å². The molecule has 0 unspecified atom stereocenters. The monoisotopic (exact) mass is 804 g/mol. The summed E-state index contributed by atoms with van der Waals surface area (Å²) in [7, 11) is 0. The minimum absolute atomic E-state index is 1.24. The molecule has 0 aromatic carbocycles. The molecule has 1 fully saturated rings. The molecule has 1 saturated heterocycles. The van der Waals surface area contributed by atoms with Crippen LogP contribution in [0.3, 0.4) is 0 Å². The zero-order chi connectivity index (χ0) is 11.1. The average molecular weight is 804 g/mol. The van der Waals surface area contributed by atoms with Crippen LogP contribution in [-0.4, -0.2) is 67.9 Å². The van der Waals surface area contributed by atoms with E-state index in [0.29, 0.717) is 0 Å². The Morgan fingerprint density at radius 3 is 1.07 bits per heavy atom. The molecule has 0 saturated carbocycles. The van der Waals surface area contributed by atoms with Crippen LogP contribution in [0.2, 0.25) is 12.4 Å². The fraction of sp³-hybridized carbons (Fsp3) is 1.00. The first-order chi connectivity index (χ1) is 7.30. The topological polar surface area (TPSA) is 27.7 Å². The Hall–Kier alpha value is 2.53. The van der Waals surface area contributed by atoms with Crippen molar-refractivity contribution in [3.8, 4) is 0 Å². The predicted molar refractivity (Wildman–Crippen MR) is 65.8 cm³/mol. The quantitative estimate of drug-likeness (QED) is 0.388. The van der Waals surface area contributed by atoms with E-state index < -0.39 is 67.9 Å². The molecular weight excluding hydrogens is 783 g/mol. The molecule has 0 aliphatic carbocycles. The molecule has 0 spiro atoms. The van der Waals surface area contributed by atoms with E-state index in [0.717, 1.165) is 0 Å². The maximum atomic E-state index is 6.16. The summed E-state index contributed by atoms with van der Waals surface area (Å²) in [6, 6.07) is 0. The van der Waals surface area contributed by atoms with Crippen LogP contribution in [0, 0.1) is 0 Å². The van der Waals surface area contributed by atoms with Gasteiger partial charge >= 0.3 is 123 Å². The van der Waals surface area contributed by atoms with E-state index >= 15 is 0 Å². The van der Waals surface area contributed by atoms with E-state index in [4.69, 9.17) is 2.67 Å². The van der Waals surface area contributed by atoms with Gasteiger partial charge in [0.15, 0.2) is 0 Å². The zero-order valence-electron chi connectivity index (χ0n) is 9.81. The average Bonchev–Trinajstić information content (AvgIpc) is 2.19. The van der Waals surface area contributed by atoms with Crippen LogP contribution in [0.1, 0.15) is 40.0 Å². The van der Waals surface area contributed by atoms with E-state index in [1.807, 2.05) is 0 Å². The molecule has 0 N–H and O–H groups in total. The van der Waals surface area contributed by atoms with Crippen LogP contribution in [0.4, 0.5) is 0 Å². The molecule has 0 bridgehead atoms. The van der Waals surface area contributed by atoms with Crippen molar-refractivity contribution in [1.82, 2.24) is 0 Å². The van der Waals surface area contributed by atoms with Crippen molar-refractivity contribution < 1.29 is 2.67 Å². The SMILES string of the molecule is CC[CH2][Bi]1[O][Bi]([CH2]CC)[O][Bi]([CH2]CC)[O]1. The fourth-order valence-corrected chi connectivity index (χ4v) is 77.3. The summed E-state index contributed by atoms with van der Waals surface area (Å²) >= 11 is -5.67. The van der Waals surface area contributed by atoms with Gasteiger partial charge in [0.05, 0.1) is 0 Å². The molecule has 0 aromatic heterocycles. The van der Waals surface area contributed by atoms with Crippen LogP contribution < -0.4 is 0 Å². The molecule has 0 amide bonds. The van der Waals surface area contributed by atoms with Gasteiger partial charge in [0, 0.05) is 0 Å². The molecule has 3 nitrogen and oxygen atoms in total. The Morgan fingerprint density at radius 1 is 0.600 bits per heavy atom. The van der Waals surface area contributed by atoms with Gasteiger partial charge in [-0.1, -0.05) is 0 Å². The molecule has 15 heavy (non-hydrogen) atoms. The second kappa shape index (κ2) is 9.46. The summed E-state index contributed by atoms with van der Waals surface area (Å²) in [5.41, 5.74) is 0. The standard InChI is InChI=1S/3C3H7.3Bi.3O/c3*1-3-2;;;;;;/h3*1,3H2,2H3;;;;;;. The molecule has 0 aromatic rings. The third-order valence-corrected chi connectivity index (χ3v) is 52.8. The minimum atomic E-state index is -1.89. The van der Waals surface area contributed by atoms with E-state index in [1.165, 1.54) is 31.6 Å². The van der Waals surface area contributed by atoms with Gasteiger partial charge in [0.25, 0.3) is 0 Å². The van der Waals surface area contributed by atoms with Crippen molar-refractivity contribution >= 4 is 67.9 Å². The van der Waals surface area contributed by atoms with Crippen molar-refractivity contribution in [3.63, 3.8) is 0 Å². The van der Waals surface area contributed by atoms with Crippen LogP contribution in [0.5, 0.6) is 0 Å². The molecule has 0 radical (unpaired) electrons. The van der Waals surface area contributed by atoms with Gasteiger partial charge in [0.1, 0.15) is 0 Å². The normalized spacial score (nSPS) is 21.0. The van der Waals surface area contributed by atoms with Crippen LogP contribution in [0.15, 0.2) is 0 Å². The number of rotatable bonds is 6. The Labute approximate surface area is 121 Å². The molecule has 1 aliphatic heterocycles. The van der Waals surface area contributed by atoms with E-state index in [-0.39, 0.29) is 0 Å². The Morgan fingerprint density at radius 2 is 0.867 bits per heavy atom. The van der Waals surface area contributed by atoms with Crippen molar-refractivity contribution in [2.75, 3.05) is 0 Å². The van der Waals surface area contributed by atoms with Crippen LogP contribution >= 0.6 is 0 Å². The first kappa shape index (κ1) is 15.6. The molecular formula is C9H21Bi3O3. The summed E-state index contributed by atoms with van der Waals surface area (Å²) in [6.07, 6.45) is 3.72. The Bertz CT molecular complexity index is 136. The van der Waals surface area contributed by atoms with Gasteiger partial charge in [-0.05, 0) is 0 Å². The van der Waals surface area contributed by atoms with Gasteiger partial charge in [-0.2, -0.15) is 0 Å². The first-order valence-corrected chi connectivity index (χ1v) is 21.6. The van der Waals surface area contributed by atoms with E-state index in [9.17, 15) is 0 Å². The summed E-state index contributed by atoms with van der Waals surface area (Å²) in [5.74, 6) is 0. The van der Waals surface area contributed by atoms with Crippen LogP contribution in [-0.2, 0) is 2.67 Å². The van der Waals surface area contributed by atoms with Gasteiger partial charge < -0.3 is 0 Å². The summed E-state index contributed by atoms with van der Waals surface area (Å²) in [6.45, 7) is 6.72. The molecule has 90 valence electrons. The first-order valence-electron chi connectivity index (χ1n) is 5.67. The molecule has 6 heteroatoms. The van der Waals surface area contributed by atoms with Crippen molar-refractivity contribution in [2.24, 2.45) is 0 Å². The van der Waals surface area contributed by atoms with Crippen molar-refractivity contribution in [3.05, 3.63) is 0 Å². The van der Waals surface area contributed by atoms with Crippen molar-refractivity contribution in [1.29, 1.82) is 0 Å². The molecule has 1 heterocycles. The Balaban J connectivity index is 2.40.